The molecule has 0 aromatic rings. The average molecular weight is 107 g/mol. The molecule has 0 heterocycles. The quantitative estimate of drug-likeness (QED) is 0.496. The molecule has 6 heavy (non-hydrogen) atoms. The van der Waals surface area contributed by atoms with E-state index in [0.717, 1.165) is 0 Å². The van der Waals surface area contributed by atoms with Crippen LogP contribution >= 0.6 is 12.9 Å². The summed E-state index contributed by atoms with van der Waals surface area (Å²) in [6.07, 6.45) is 0. The molecular weight excluding hydrogens is 100 g/mol. The second-order valence-electron chi connectivity index (χ2n) is 0.815. The summed E-state index contributed by atoms with van der Waals surface area (Å²) < 4.78 is 8.83. The van der Waals surface area contributed by atoms with Crippen molar-refractivity contribution in [3.63, 3.8) is 0 Å². The van der Waals surface area contributed by atoms with Crippen LogP contribution in [0.25, 0.3) is 0 Å². The van der Waals surface area contributed by atoms with E-state index in [2.05, 4.69) is 21.8 Å². The van der Waals surface area contributed by atoms with Crippen molar-refractivity contribution in [2.45, 2.75) is 0 Å². The molecule has 2 nitrogen and oxygen atoms in total. The van der Waals surface area contributed by atoms with E-state index in [0.29, 0.717) is 13.2 Å². The molecule has 0 unspecified atom stereocenters. The minimum absolute atomic E-state index is 0.506. The monoisotopic (exact) mass is 107 g/mol. The summed E-state index contributed by atoms with van der Waals surface area (Å²) in [5.74, 6) is 0. The first kappa shape index (κ1) is 6.27. The van der Waals surface area contributed by atoms with Crippen LogP contribution in [0.2, 0.25) is 0 Å². The van der Waals surface area contributed by atoms with Crippen molar-refractivity contribution in [3.8, 4) is 0 Å². The highest BCUT2D eigenvalue weighted by atomic mass is 32.1. The Morgan fingerprint density at radius 2 is 2.17 bits per heavy atom. The van der Waals surface area contributed by atoms with Gasteiger partial charge in [-0.1, -0.05) is 0 Å². The molecule has 0 aliphatic heterocycles. The van der Waals surface area contributed by atoms with E-state index in [1.807, 2.05) is 0 Å². The normalized spacial score (nSPS) is 9.00. The zero-order chi connectivity index (χ0) is 4.83. The minimum Gasteiger partial charge on any atom is -0.382 e. The second-order valence-corrected chi connectivity index (χ2v) is 1.05. The van der Waals surface area contributed by atoms with Crippen LogP contribution in [0.15, 0.2) is 0 Å². The van der Waals surface area contributed by atoms with Gasteiger partial charge in [0, 0.05) is 7.11 Å². The predicted octanol–water partition coefficient (Wildman–Crippen LogP) is 0.762. The van der Waals surface area contributed by atoms with E-state index in [1.54, 1.807) is 7.11 Å². The van der Waals surface area contributed by atoms with Crippen LogP contribution in [0, 0.1) is 0 Å². The van der Waals surface area contributed by atoms with E-state index in [-0.39, 0.29) is 0 Å². The summed E-state index contributed by atoms with van der Waals surface area (Å²) in [4.78, 5) is 0. The van der Waals surface area contributed by atoms with Gasteiger partial charge in [-0.05, 0) is 0 Å². The van der Waals surface area contributed by atoms with Gasteiger partial charge in [0.05, 0.1) is 26.1 Å². The molecular formula is C3H7O2S. The molecule has 0 aromatic heterocycles. The van der Waals surface area contributed by atoms with Gasteiger partial charge < -0.3 is 8.92 Å². The SMILES string of the molecule is COCCO[S]. The van der Waals surface area contributed by atoms with Gasteiger partial charge in [-0.2, -0.15) is 0 Å². The Morgan fingerprint density at radius 3 is 2.33 bits per heavy atom. The predicted molar refractivity (Wildman–Crippen MR) is 25.4 cm³/mol. The number of hydrogen-bond donors (Lipinski definition) is 0. The lowest BCUT2D eigenvalue weighted by molar-refractivity contribution is 0.158. The van der Waals surface area contributed by atoms with Crippen molar-refractivity contribution in [1.82, 2.24) is 0 Å². The smallest absolute Gasteiger partial charge is 0.0926 e. The van der Waals surface area contributed by atoms with Crippen molar-refractivity contribution in [1.29, 1.82) is 0 Å². The second kappa shape index (κ2) is 5.27. The molecule has 0 rings (SSSR count). The van der Waals surface area contributed by atoms with Gasteiger partial charge in [0.25, 0.3) is 0 Å². The van der Waals surface area contributed by atoms with E-state index in [4.69, 9.17) is 0 Å². The van der Waals surface area contributed by atoms with Crippen LogP contribution in [-0.4, -0.2) is 20.3 Å². The Morgan fingerprint density at radius 1 is 1.50 bits per heavy atom. The molecule has 0 N–H and O–H groups in total. The Balaban J connectivity index is 2.34. The topological polar surface area (TPSA) is 18.5 Å². The van der Waals surface area contributed by atoms with E-state index in [9.17, 15) is 0 Å². The molecule has 0 bridgehead atoms. The van der Waals surface area contributed by atoms with Gasteiger partial charge in [0.2, 0.25) is 0 Å². The molecule has 0 fully saturated rings. The number of methoxy groups -OCH3 is 1. The summed E-state index contributed by atoms with van der Waals surface area (Å²) in [6, 6.07) is 0. The van der Waals surface area contributed by atoms with Gasteiger partial charge in [0.15, 0.2) is 0 Å². The van der Waals surface area contributed by atoms with Crippen LogP contribution in [-0.2, 0) is 8.92 Å². The summed E-state index contributed by atoms with van der Waals surface area (Å²) >= 11 is 4.14. The molecule has 37 valence electrons. The Bertz CT molecular complexity index is 20.8. The fraction of sp³-hybridized carbons (Fsp3) is 1.00. The minimum atomic E-state index is 0.506. The van der Waals surface area contributed by atoms with Gasteiger partial charge >= 0.3 is 0 Å². The average Bonchev–Trinajstić information content (AvgIpc) is 1.61. The van der Waals surface area contributed by atoms with Crippen molar-refractivity contribution >= 4 is 12.9 Å². The third kappa shape index (κ3) is 4.27. The lowest BCUT2D eigenvalue weighted by atomic mass is 10.8. The molecule has 0 saturated heterocycles. The third-order valence-electron chi connectivity index (χ3n) is 0.371. The summed E-state index contributed by atoms with van der Waals surface area (Å²) in [7, 11) is 1.61. The van der Waals surface area contributed by atoms with Crippen molar-refractivity contribution in [2.24, 2.45) is 0 Å². The van der Waals surface area contributed by atoms with Gasteiger partial charge in [-0.3, -0.25) is 0 Å². The summed E-state index contributed by atoms with van der Waals surface area (Å²) in [5, 5.41) is 0. The summed E-state index contributed by atoms with van der Waals surface area (Å²) in [6.45, 7) is 1.09. The highest BCUT2D eigenvalue weighted by Gasteiger charge is 1.75. The molecule has 0 saturated carbocycles. The van der Waals surface area contributed by atoms with E-state index < -0.39 is 0 Å². The molecule has 3 heteroatoms. The zero-order valence-corrected chi connectivity index (χ0v) is 4.46. The van der Waals surface area contributed by atoms with Crippen LogP contribution in [0.1, 0.15) is 0 Å². The molecule has 0 aliphatic carbocycles. The zero-order valence-electron chi connectivity index (χ0n) is 3.64. The number of rotatable bonds is 3. The molecule has 0 aromatic carbocycles. The summed E-state index contributed by atoms with van der Waals surface area (Å²) in [5.41, 5.74) is 0. The number of ether oxygens (including phenoxy) is 1. The molecule has 0 aliphatic rings. The standard InChI is InChI=1S/C3H7O2S/c1-4-2-3-5-6/h2-3H2,1H3. The van der Waals surface area contributed by atoms with Gasteiger partial charge in [-0.15, -0.1) is 0 Å². The largest absolute Gasteiger partial charge is 0.382 e. The van der Waals surface area contributed by atoms with E-state index in [1.165, 1.54) is 0 Å². The van der Waals surface area contributed by atoms with Crippen LogP contribution in [0.3, 0.4) is 0 Å². The molecule has 1 radical (unpaired) electrons. The fourth-order valence-corrected chi connectivity index (χ4v) is 0.185. The lowest BCUT2D eigenvalue weighted by Crippen LogP contribution is -1.93. The maximum Gasteiger partial charge on any atom is 0.0926 e. The molecule has 0 atom stereocenters. The highest BCUT2D eigenvalue weighted by molar-refractivity contribution is 7.75. The molecule has 0 spiro atoms. The van der Waals surface area contributed by atoms with Crippen LogP contribution in [0.5, 0.6) is 0 Å². The maximum atomic E-state index is 4.59. The lowest BCUT2D eigenvalue weighted by Gasteiger charge is -1.89. The van der Waals surface area contributed by atoms with Crippen molar-refractivity contribution < 1.29 is 8.92 Å². The number of hydrogen-bond acceptors (Lipinski definition) is 2. The van der Waals surface area contributed by atoms with Crippen LogP contribution in [0.4, 0.5) is 0 Å². The van der Waals surface area contributed by atoms with E-state index >= 15 is 0 Å². The first-order chi connectivity index (χ1) is 2.91. The van der Waals surface area contributed by atoms with Gasteiger partial charge in [0.1, 0.15) is 0 Å². The Hall–Kier alpha value is 0.270. The highest BCUT2D eigenvalue weighted by Crippen LogP contribution is 1.75. The van der Waals surface area contributed by atoms with Crippen molar-refractivity contribution in [2.75, 3.05) is 20.3 Å². The van der Waals surface area contributed by atoms with Crippen LogP contribution < -0.4 is 0 Å². The van der Waals surface area contributed by atoms with Crippen molar-refractivity contribution in [3.05, 3.63) is 0 Å². The maximum absolute atomic E-state index is 4.59. The molecule has 0 amide bonds. The Kier molecular flexibility index (Phi) is 5.51. The first-order valence-corrected chi connectivity index (χ1v) is 1.99. The fourth-order valence-electron chi connectivity index (χ4n) is 0.117. The Labute approximate surface area is 43.1 Å². The van der Waals surface area contributed by atoms with Gasteiger partial charge in [-0.25, -0.2) is 0 Å². The third-order valence-corrected chi connectivity index (χ3v) is 0.537. The first-order valence-electron chi connectivity index (χ1n) is 1.65.